The van der Waals surface area contributed by atoms with Gasteiger partial charge in [0.05, 0.1) is 10.9 Å². The van der Waals surface area contributed by atoms with Crippen molar-refractivity contribution in [3.8, 4) is 0 Å². The molecule has 0 unspecified atom stereocenters. The summed E-state index contributed by atoms with van der Waals surface area (Å²) in [5.41, 5.74) is 1.95. The molecule has 0 saturated carbocycles. The van der Waals surface area contributed by atoms with E-state index < -0.39 is 15.8 Å². The smallest absolute Gasteiger partial charge is 0.261 e. The Balaban J connectivity index is 1.72. The highest BCUT2D eigenvalue weighted by Gasteiger charge is 2.18. The number of nitrogens with zero attached hydrogens (tertiary/aromatic N) is 1. The Morgan fingerprint density at radius 1 is 1.00 bits per heavy atom. The summed E-state index contributed by atoms with van der Waals surface area (Å²) in [5, 5.41) is 2.91. The molecule has 0 aliphatic carbocycles. The molecule has 8 heteroatoms. The molecular weight excluding hydrogens is 429 g/mol. The van der Waals surface area contributed by atoms with E-state index in [9.17, 15) is 17.6 Å². The van der Waals surface area contributed by atoms with E-state index in [4.69, 9.17) is 0 Å². The van der Waals surface area contributed by atoms with Gasteiger partial charge in [0, 0.05) is 17.8 Å². The maximum atomic E-state index is 13.8. The predicted molar refractivity (Wildman–Crippen MR) is 124 cm³/mol. The zero-order chi connectivity index (χ0) is 23.3. The van der Waals surface area contributed by atoms with Crippen LogP contribution in [0, 0.1) is 12.7 Å². The van der Waals surface area contributed by atoms with E-state index in [1.165, 1.54) is 24.3 Å². The largest absolute Gasteiger partial charge is 0.350 e. The lowest BCUT2D eigenvalue weighted by atomic mass is 10.1. The fraction of sp³-hybridized carbons (Fsp3) is 0.208. The minimum Gasteiger partial charge on any atom is -0.350 e. The summed E-state index contributed by atoms with van der Waals surface area (Å²) >= 11 is 0. The molecule has 168 valence electrons. The highest BCUT2D eigenvalue weighted by Crippen LogP contribution is 2.20. The number of benzene rings is 3. The fourth-order valence-electron chi connectivity index (χ4n) is 3.24. The second kappa shape index (κ2) is 9.93. The van der Waals surface area contributed by atoms with Crippen molar-refractivity contribution in [2.45, 2.75) is 17.9 Å². The standard InChI is InChI=1S/C24H26FN3O3S/c1-17-12-13-21(15-22(17)25)32(30,31)27-20-11-7-10-19(14-20)24(29)26-16-23(28(2)3)18-8-5-4-6-9-18/h4-15,23,27H,16H2,1-3H3,(H,26,29)/t23-/m1/s1. The number of hydrogen-bond donors (Lipinski definition) is 2. The Kier molecular flexibility index (Phi) is 7.27. The van der Waals surface area contributed by atoms with Crippen molar-refractivity contribution in [1.82, 2.24) is 10.2 Å². The number of halogens is 1. The molecule has 2 N–H and O–H groups in total. The second-order valence-electron chi connectivity index (χ2n) is 7.70. The van der Waals surface area contributed by atoms with Gasteiger partial charge in [-0.1, -0.05) is 42.5 Å². The van der Waals surface area contributed by atoms with Crippen molar-refractivity contribution in [1.29, 1.82) is 0 Å². The van der Waals surface area contributed by atoms with Crippen LogP contribution in [0.5, 0.6) is 0 Å². The minimum absolute atomic E-state index is 0.0155. The first-order valence-corrected chi connectivity index (χ1v) is 11.5. The number of nitrogens with one attached hydrogen (secondary N) is 2. The van der Waals surface area contributed by atoms with Gasteiger partial charge in [0.25, 0.3) is 15.9 Å². The van der Waals surface area contributed by atoms with E-state index >= 15 is 0 Å². The molecule has 0 bridgehead atoms. The van der Waals surface area contributed by atoms with Gasteiger partial charge in [0.1, 0.15) is 5.82 Å². The molecule has 6 nitrogen and oxygen atoms in total. The lowest BCUT2D eigenvalue weighted by molar-refractivity contribution is 0.0942. The van der Waals surface area contributed by atoms with E-state index in [1.54, 1.807) is 19.1 Å². The zero-order valence-corrected chi connectivity index (χ0v) is 19.0. The normalized spacial score (nSPS) is 12.4. The number of carbonyl (C=O) groups excluding carboxylic acids is 1. The molecule has 32 heavy (non-hydrogen) atoms. The van der Waals surface area contributed by atoms with Gasteiger partial charge >= 0.3 is 0 Å². The van der Waals surface area contributed by atoms with Crippen LogP contribution in [0.1, 0.15) is 27.5 Å². The van der Waals surface area contributed by atoms with Crippen molar-refractivity contribution >= 4 is 21.6 Å². The van der Waals surface area contributed by atoms with Gasteiger partial charge in [-0.15, -0.1) is 0 Å². The molecule has 0 aliphatic rings. The van der Waals surface area contributed by atoms with E-state index in [2.05, 4.69) is 10.0 Å². The van der Waals surface area contributed by atoms with Gasteiger partial charge in [-0.2, -0.15) is 0 Å². The van der Waals surface area contributed by atoms with Crippen molar-refractivity contribution < 1.29 is 17.6 Å². The van der Waals surface area contributed by atoms with Gasteiger partial charge in [-0.25, -0.2) is 12.8 Å². The number of hydrogen-bond acceptors (Lipinski definition) is 4. The fourth-order valence-corrected chi connectivity index (χ4v) is 4.30. The number of anilines is 1. The van der Waals surface area contributed by atoms with Crippen LogP contribution in [0.3, 0.4) is 0 Å². The predicted octanol–water partition coefficient (Wildman–Crippen LogP) is 3.97. The average Bonchev–Trinajstić information content (AvgIpc) is 2.76. The van der Waals surface area contributed by atoms with Crippen LogP contribution in [0.15, 0.2) is 77.7 Å². The van der Waals surface area contributed by atoms with Crippen LogP contribution >= 0.6 is 0 Å². The van der Waals surface area contributed by atoms with Crippen molar-refractivity contribution in [3.63, 3.8) is 0 Å². The minimum atomic E-state index is -4.00. The number of likely N-dealkylation sites (N-methyl/N-ethyl adjacent to an activating group) is 1. The van der Waals surface area contributed by atoms with Crippen LogP contribution in [-0.2, 0) is 10.0 Å². The Morgan fingerprint density at radius 3 is 2.38 bits per heavy atom. The molecule has 1 atom stereocenters. The number of amides is 1. The average molecular weight is 456 g/mol. The van der Waals surface area contributed by atoms with Gasteiger partial charge in [-0.3, -0.25) is 9.52 Å². The molecule has 0 saturated heterocycles. The molecular formula is C24H26FN3O3S. The summed E-state index contributed by atoms with van der Waals surface area (Å²) in [5.74, 6) is -0.926. The van der Waals surface area contributed by atoms with Crippen LogP contribution in [0.4, 0.5) is 10.1 Å². The first-order chi connectivity index (χ1) is 15.2. The third kappa shape index (κ3) is 5.72. The number of sulfonamides is 1. The number of aryl methyl sites for hydroxylation is 1. The van der Waals surface area contributed by atoms with Gasteiger partial charge in [0.15, 0.2) is 0 Å². The highest BCUT2D eigenvalue weighted by atomic mass is 32.2. The topological polar surface area (TPSA) is 78.5 Å². The van der Waals surface area contributed by atoms with Crippen molar-refractivity contribution in [2.75, 3.05) is 25.4 Å². The van der Waals surface area contributed by atoms with Crippen LogP contribution in [0.2, 0.25) is 0 Å². The highest BCUT2D eigenvalue weighted by molar-refractivity contribution is 7.92. The molecule has 3 rings (SSSR count). The van der Waals surface area contributed by atoms with E-state index in [1.807, 2.05) is 49.3 Å². The van der Waals surface area contributed by atoms with Crippen molar-refractivity contribution in [2.24, 2.45) is 0 Å². The lowest BCUT2D eigenvalue weighted by Gasteiger charge is -2.25. The van der Waals surface area contributed by atoms with Crippen LogP contribution in [-0.4, -0.2) is 39.9 Å². The summed E-state index contributed by atoms with van der Waals surface area (Å²) in [7, 11) is -0.121. The first-order valence-electron chi connectivity index (χ1n) is 10.1. The third-order valence-electron chi connectivity index (χ3n) is 5.09. The van der Waals surface area contributed by atoms with Crippen LogP contribution < -0.4 is 10.0 Å². The summed E-state index contributed by atoms with van der Waals surface area (Å²) in [4.78, 5) is 14.5. The molecule has 0 fully saturated rings. The van der Waals surface area contributed by atoms with Gasteiger partial charge in [-0.05, 0) is 62.5 Å². The SMILES string of the molecule is Cc1ccc(S(=O)(=O)Nc2cccc(C(=O)NC[C@H](c3ccccc3)N(C)C)c2)cc1F. The van der Waals surface area contributed by atoms with Crippen molar-refractivity contribution in [3.05, 3.63) is 95.3 Å². The molecule has 0 aromatic heterocycles. The number of carbonyl (C=O) groups is 1. The molecule has 3 aromatic carbocycles. The third-order valence-corrected chi connectivity index (χ3v) is 6.47. The molecule has 3 aromatic rings. The summed E-state index contributed by atoms with van der Waals surface area (Å²) in [6.07, 6.45) is 0. The van der Waals surface area contributed by atoms with E-state index in [0.717, 1.165) is 11.6 Å². The van der Waals surface area contributed by atoms with E-state index in [0.29, 0.717) is 17.7 Å². The van der Waals surface area contributed by atoms with E-state index in [-0.39, 0.29) is 22.5 Å². The Hall–Kier alpha value is -3.23. The monoisotopic (exact) mass is 455 g/mol. The summed E-state index contributed by atoms with van der Waals surface area (Å²) in [6, 6.07) is 19.7. The molecule has 0 radical (unpaired) electrons. The Bertz CT molecular complexity index is 1200. The molecule has 0 heterocycles. The summed E-state index contributed by atoms with van der Waals surface area (Å²) in [6.45, 7) is 1.94. The maximum absolute atomic E-state index is 13.8. The maximum Gasteiger partial charge on any atom is 0.261 e. The molecule has 0 spiro atoms. The Morgan fingerprint density at radius 2 is 1.72 bits per heavy atom. The lowest BCUT2D eigenvalue weighted by Crippen LogP contribution is -2.34. The van der Waals surface area contributed by atoms with Gasteiger partial charge < -0.3 is 10.2 Å². The second-order valence-corrected chi connectivity index (χ2v) is 9.38. The molecule has 1 amide bonds. The Labute approximate surface area is 188 Å². The molecule has 0 aliphatic heterocycles. The zero-order valence-electron chi connectivity index (χ0n) is 18.2. The quantitative estimate of drug-likeness (QED) is 0.539. The van der Waals surface area contributed by atoms with Crippen LogP contribution in [0.25, 0.3) is 0 Å². The summed E-state index contributed by atoms with van der Waals surface area (Å²) < 4.78 is 41.4. The van der Waals surface area contributed by atoms with Gasteiger partial charge in [0.2, 0.25) is 0 Å². The number of rotatable bonds is 8. The first kappa shape index (κ1) is 23.4.